The van der Waals surface area contributed by atoms with Crippen molar-refractivity contribution >= 4 is 0 Å². The van der Waals surface area contributed by atoms with Crippen LogP contribution < -0.4 is 0 Å². The highest BCUT2D eigenvalue weighted by Crippen LogP contribution is 2.18. The van der Waals surface area contributed by atoms with E-state index < -0.39 is 6.43 Å². The molecular weight excluding hydrogens is 136 g/mol. The maximum atomic E-state index is 11.9. The SMILES string of the molecule is CCc1cc(C(F)F)c[nH]1. The molecule has 1 rings (SSSR count). The molecular formula is C7H9F2N. The van der Waals surface area contributed by atoms with Crippen molar-refractivity contribution in [1.82, 2.24) is 4.98 Å². The highest BCUT2D eigenvalue weighted by atomic mass is 19.3. The van der Waals surface area contributed by atoms with Gasteiger partial charge in [0.15, 0.2) is 0 Å². The zero-order valence-corrected chi connectivity index (χ0v) is 5.70. The Kier molecular flexibility index (Phi) is 2.04. The minimum absolute atomic E-state index is 0.0804. The van der Waals surface area contributed by atoms with Crippen LogP contribution >= 0.6 is 0 Å². The Labute approximate surface area is 58.1 Å². The molecule has 1 aromatic rings. The molecule has 0 saturated heterocycles. The van der Waals surface area contributed by atoms with Gasteiger partial charge in [-0.2, -0.15) is 0 Å². The topological polar surface area (TPSA) is 15.8 Å². The molecule has 0 fully saturated rings. The summed E-state index contributed by atoms with van der Waals surface area (Å²) < 4.78 is 23.8. The zero-order chi connectivity index (χ0) is 7.56. The molecule has 0 atom stereocenters. The predicted octanol–water partition coefficient (Wildman–Crippen LogP) is 2.51. The van der Waals surface area contributed by atoms with Crippen LogP contribution in [-0.4, -0.2) is 4.98 Å². The van der Waals surface area contributed by atoms with Crippen LogP contribution in [0.5, 0.6) is 0 Å². The standard InChI is InChI=1S/C7H9F2N/c1-2-6-3-5(4-10-6)7(8)9/h3-4,7,10H,2H2,1H3. The highest BCUT2D eigenvalue weighted by Gasteiger charge is 2.07. The average Bonchev–Trinajstić information content (AvgIpc) is 2.34. The van der Waals surface area contributed by atoms with Crippen molar-refractivity contribution < 1.29 is 8.78 Å². The fourth-order valence-electron chi connectivity index (χ4n) is 0.791. The van der Waals surface area contributed by atoms with Crippen molar-refractivity contribution in [2.45, 2.75) is 19.8 Å². The number of aromatic nitrogens is 1. The van der Waals surface area contributed by atoms with Crippen molar-refractivity contribution in [2.75, 3.05) is 0 Å². The lowest BCUT2D eigenvalue weighted by atomic mass is 10.3. The first-order valence-corrected chi connectivity index (χ1v) is 3.19. The van der Waals surface area contributed by atoms with E-state index in [9.17, 15) is 8.78 Å². The van der Waals surface area contributed by atoms with Gasteiger partial charge in [0, 0.05) is 17.5 Å². The molecule has 3 heteroatoms. The van der Waals surface area contributed by atoms with Gasteiger partial charge in [-0.15, -0.1) is 0 Å². The normalized spacial score (nSPS) is 10.8. The Bertz CT molecular complexity index is 205. The van der Waals surface area contributed by atoms with Crippen LogP contribution in [0.1, 0.15) is 24.6 Å². The summed E-state index contributed by atoms with van der Waals surface area (Å²) in [6, 6.07) is 1.49. The van der Waals surface area contributed by atoms with Gasteiger partial charge in [-0.1, -0.05) is 6.92 Å². The Hall–Kier alpha value is -0.860. The molecule has 1 N–H and O–H groups in total. The Morgan fingerprint density at radius 3 is 2.60 bits per heavy atom. The third kappa shape index (κ3) is 1.35. The number of alkyl halides is 2. The van der Waals surface area contributed by atoms with E-state index in [1.807, 2.05) is 6.92 Å². The van der Waals surface area contributed by atoms with E-state index in [2.05, 4.69) is 4.98 Å². The van der Waals surface area contributed by atoms with Gasteiger partial charge in [0.05, 0.1) is 0 Å². The molecule has 0 aliphatic carbocycles. The van der Waals surface area contributed by atoms with E-state index >= 15 is 0 Å². The molecule has 0 radical (unpaired) electrons. The molecule has 0 aromatic carbocycles. The number of rotatable bonds is 2. The summed E-state index contributed by atoms with van der Waals surface area (Å²) in [5.41, 5.74) is 0.937. The smallest absolute Gasteiger partial charge is 0.265 e. The van der Waals surface area contributed by atoms with Gasteiger partial charge in [-0.25, -0.2) is 8.78 Å². The Morgan fingerprint density at radius 1 is 1.60 bits per heavy atom. The van der Waals surface area contributed by atoms with Crippen LogP contribution in [-0.2, 0) is 6.42 Å². The maximum absolute atomic E-state index is 11.9. The van der Waals surface area contributed by atoms with Crippen molar-refractivity contribution in [3.05, 3.63) is 23.5 Å². The van der Waals surface area contributed by atoms with Crippen LogP contribution in [0.2, 0.25) is 0 Å². The summed E-state index contributed by atoms with van der Waals surface area (Å²) in [5.74, 6) is 0. The van der Waals surface area contributed by atoms with Crippen LogP contribution in [0.15, 0.2) is 12.3 Å². The van der Waals surface area contributed by atoms with E-state index in [-0.39, 0.29) is 5.56 Å². The van der Waals surface area contributed by atoms with Gasteiger partial charge in [0.1, 0.15) is 0 Å². The molecule has 1 aromatic heterocycles. The van der Waals surface area contributed by atoms with Crippen LogP contribution in [0.25, 0.3) is 0 Å². The molecule has 56 valence electrons. The fraction of sp³-hybridized carbons (Fsp3) is 0.429. The average molecular weight is 145 g/mol. The summed E-state index contributed by atoms with van der Waals surface area (Å²) in [4.78, 5) is 2.76. The number of nitrogens with one attached hydrogen (secondary N) is 1. The van der Waals surface area contributed by atoms with Crippen LogP contribution in [0, 0.1) is 0 Å². The fourth-order valence-corrected chi connectivity index (χ4v) is 0.791. The zero-order valence-electron chi connectivity index (χ0n) is 5.70. The van der Waals surface area contributed by atoms with Crippen LogP contribution in [0.3, 0.4) is 0 Å². The lowest BCUT2D eigenvalue weighted by Gasteiger charge is -1.88. The summed E-state index contributed by atoms with van der Waals surface area (Å²) in [6.45, 7) is 1.92. The molecule has 1 nitrogen and oxygen atoms in total. The third-order valence-electron chi connectivity index (χ3n) is 1.40. The molecule has 0 saturated carbocycles. The van der Waals surface area contributed by atoms with E-state index in [0.717, 1.165) is 12.1 Å². The first-order chi connectivity index (χ1) is 4.74. The van der Waals surface area contributed by atoms with Gasteiger partial charge in [0.2, 0.25) is 0 Å². The minimum atomic E-state index is -2.35. The molecule has 0 unspecified atom stereocenters. The number of aryl methyl sites for hydroxylation is 1. The first kappa shape index (κ1) is 7.25. The second kappa shape index (κ2) is 2.82. The maximum Gasteiger partial charge on any atom is 0.265 e. The second-order valence-electron chi connectivity index (χ2n) is 2.11. The summed E-state index contributed by atoms with van der Waals surface area (Å²) >= 11 is 0. The van der Waals surface area contributed by atoms with Gasteiger partial charge >= 0.3 is 0 Å². The van der Waals surface area contributed by atoms with E-state index in [4.69, 9.17) is 0 Å². The van der Waals surface area contributed by atoms with Gasteiger partial charge in [0.25, 0.3) is 6.43 Å². The Balaban J connectivity index is 2.78. The van der Waals surface area contributed by atoms with E-state index in [0.29, 0.717) is 0 Å². The lowest BCUT2D eigenvalue weighted by Crippen LogP contribution is -1.77. The van der Waals surface area contributed by atoms with Gasteiger partial charge in [-0.3, -0.25) is 0 Å². The molecule has 1 heterocycles. The van der Waals surface area contributed by atoms with Crippen molar-refractivity contribution in [2.24, 2.45) is 0 Å². The number of aromatic amines is 1. The molecule has 0 aliphatic heterocycles. The second-order valence-corrected chi connectivity index (χ2v) is 2.11. The number of H-pyrrole nitrogens is 1. The Morgan fingerprint density at radius 2 is 2.30 bits per heavy atom. The minimum Gasteiger partial charge on any atom is -0.365 e. The molecule has 10 heavy (non-hydrogen) atoms. The monoisotopic (exact) mass is 145 g/mol. The molecule has 0 aliphatic rings. The summed E-state index contributed by atoms with van der Waals surface area (Å²) in [6.07, 6.45) is -0.229. The molecule has 0 amide bonds. The summed E-state index contributed by atoms with van der Waals surface area (Å²) in [7, 11) is 0. The predicted molar refractivity (Wildman–Crippen MR) is 35.1 cm³/mol. The van der Waals surface area contributed by atoms with Gasteiger partial charge < -0.3 is 4.98 Å². The largest absolute Gasteiger partial charge is 0.365 e. The van der Waals surface area contributed by atoms with Gasteiger partial charge in [-0.05, 0) is 12.5 Å². The summed E-state index contributed by atoms with van der Waals surface area (Å²) in [5, 5.41) is 0. The van der Waals surface area contributed by atoms with E-state index in [1.54, 1.807) is 0 Å². The van der Waals surface area contributed by atoms with Crippen molar-refractivity contribution in [3.63, 3.8) is 0 Å². The van der Waals surface area contributed by atoms with Crippen molar-refractivity contribution in [3.8, 4) is 0 Å². The highest BCUT2D eigenvalue weighted by molar-refractivity contribution is 5.17. The number of hydrogen-bond donors (Lipinski definition) is 1. The first-order valence-electron chi connectivity index (χ1n) is 3.19. The number of halogens is 2. The van der Waals surface area contributed by atoms with Crippen LogP contribution in [0.4, 0.5) is 8.78 Å². The molecule has 0 spiro atoms. The quantitative estimate of drug-likeness (QED) is 0.658. The number of hydrogen-bond acceptors (Lipinski definition) is 0. The third-order valence-corrected chi connectivity index (χ3v) is 1.40. The van der Waals surface area contributed by atoms with Crippen molar-refractivity contribution in [1.29, 1.82) is 0 Å². The van der Waals surface area contributed by atoms with E-state index in [1.165, 1.54) is 12.3 Å². The lowest BCUT2D eigenvalue weighted by molar-refractivity contribution is 0.151. The molecule has 0 bridgehead atoms.